The van der Waals surface area contributed by atoms with Crippen molar-refractivity contribution in [1.29, 1.82) is 0 Å². The quantitative estimate of drug-likeness (QED) is 0.513. The zero-order valence-electron chi connectivity index (χ0n) is 19.6. The van der Waals surface area contributed by atoms with E-state index < -0.39 is 44.3 Å². The van der Waals surface area contributed by atoms with Gasteiger partial charge in [-0.1, -0.05) is 11.6 Å². The third kappa shape index (κ3) is 6.02. The number of benzene rings is 2. The number of ether oxygens (including phenoxy) is 1. The van der Waals surface area contributed by atoms with Crippen molar-refractivity contribution < 1.29 is 36.4 Å². The fourth-order valence-electron chi connectivity index (χ4n) is 4.32. The highest BCUT2D eigenvalue weighted by atomic mass is 35.5. The summed E-state index contributed by atoms with van der Waals surface area (Å²) in [6.45, 7) is 0.976. The van der Waals surface area contributed by atoms with Crippen LogP contribution in [-0.2, 0) is 24.4 Å². The molecule has 2 saturated heterocycles. The Labute approximate surface area is 217 Å². The highest BCUT2D eigenvalue weighted by Crippen LogP contribution is 2.32. The summed E-state index contributed by atoms with van der Waals surface area (Å²) in [6.07, 6.45) is 1.83. The Balaban J connectivity index is 1.55. The second-order valence-electron chi connectivity index (χ2n) is 8.66. The van der Waals surface area contributed by atoms with Gasteiger partial charge in [0.1, 0.15) is 11.8 Å². The van der Waals surface area contributed by atoms with Crippen molar-refractivity contribution in [2.75, 3.05) is 39.3 Å². The predicted molar refractivity (Wildman–Crippen MR) is 128 cm³/mol. The van der Waals surface area contributed by atoms with Crippen LogP contribution in [0.2, 0.25) is 5.02 Å². The first kappa shape index (κ1) is 27.2. The smallest absolute Gasteiger partial charge is 0.344 e. The number of halogens is 3. The summed E-state index contributed by atoms with van der Waals surface area (Å²) < 4.78 is 62.3. The van der Waals surface area contributed by atoms with E-state index in [1.54, 1.807) is 9.80 Å². The molecule has 2 aliphatic heterocycles. The van der Waals surface area contributed by atoms with Crippen LogP contribution in [0.25, 0.3) is 0 Å². The molecule has 10 nitrogen and oxygen atoms in total. The van der Waals surface area contributed by atoms with Gasteiger partial charge in [-0.05, 0) is 49.2 Å². The van der Waals surface area contributed by atoms with Crippen LogP contribution >= 0.6 is 11.6 Å². The lowest BCUT2D eigenvalue weighted by Crippen LogP contribution is -2.60. The highest BCUT2D eigenvalue weighted by Gasteiger charge is 2.42. The van der Waals surface area contributed by atoms with Crippen LogP contribution in [-0.4, -0.2) is 79.7 Å². The summed E-state index contributed by atoms with van der Waals surface area (Å²) in [4.78, 5) is 31.8. The van der Waals surface area contributed by atoms with Gasteiger partial charge in [-0.25, -0.2) is 22.0 Å². The van der Waals surface area contributed by atoms with Crippen molar-refractivity contribution in [2.24, 2.45) is 5.90 Å². The minimum Gasteiger partial charge on any atom is -0.451 e. The number of hydrogen-bond donors (Lipinski definition) is 1. The average molecular weight is 559 g/mol. The Kier molecular flexibility index (Phi) is 8.29. The Bertz CT molecular complexity index is 1250. The molecule has 0 saturated carbocycles. The average Bonchev–Trinajstić information content (AvgIpc) is 3.42. The van der Waals surface area contributed by atoms with Crippen molar-refractivity contribution in [2.45, 2.75) is 23.8 Å². The van der Waals surface area contributed by atoms with E-state index >= 15 is 0 Å². The largest absolute Gasteiger partial charge is 0.451 e. The number of rotatable bonds is 7. The highest BCUT2D eigenvalue weighted by molar-refractivity contribution is 7.89. The molecule has 0 aliphatic carbocycles. The molecule has 200 valence electrons. The summed E-state index contributed by atoms with van der Waals surface area (Å²) in [6, 6.07) is 5.49. The van der Waals surface area contributed by atoms with Crippen molar-refractivity contribution in [3.63, 3.8) is 0 Å². The van der Waals surface area contributed by atoms with Crippen LogP contribution in [0.15, 0.2) is 41.3 Å². The molecule has 0 spiro atoms. The number of carbonyl (C=O) groups is 2. The van der Waals surface area contributed by atoms with Gasteiger partial charge in [-0.2, -0.15) is 10.2 Å². The maximum absolute atomic E-state index is 14.8. The molecule has 2 aromatic rings. The first-order valence-electron chi connectivity index (χ1n) is 11.4. The fourth-order valence-corrected chi connectivity index (χ4v) is 6.03. The van der Waals surface area contributed by atoms with Gasteiger partial charge in [0.2, 0.25) is 15.9 Å². The van der Waals surface area contributed by atoms with Gasteiger partial charge in [0, 0.05) is 37.7 Å². The molecule has 2 fully saturated rings. The van der Waals surface area contributed by atoms with Crippen molar-refractivity contribution >= 4 is 33.5 Å². The fraction of sp³-hybridized carbons (Fsp3) is 0.391. The maximum Gasteiger partial charge on any atom is 0.344 e. The Hall–Kier alpha value is -2.84. The standard InChI is InChI=1S/C23H25ClF2N4O6S/c24-15-3-5-16(6-4-15)35-22-18(25)11-17(12-19(22)26)37(33,34)30-10-9-28(13-20(30)23(32)36-27)14-21(31)29-7-1-2-8-29/h3-6,11-12,20H,1-2,7-10,13-14,27H2/t20-/m1/s1. The topological polar surface area (TPSA) is 122 Å². The van der Waals surface area contributed by atoms with Crippen LogP contribution < -0.4 is 10.6 Å². The molecule has 0 aromatic heterocycles. The number of sulfonamides is 1. The number of likely N-dealkylation sites (tertiary alicyclic amines) is 1. The number of amides is 1. The van der Waals surface area contributed by atoms with E-state index in [0.29, 0.717) is 30.2 Å². The molecule has 0 bridgehead atoms. The van der Waals surface area contributed by atoms with Crippen LogP contribution in [0.5, 0.6) is 11.5 Å². The van der Waals surface area contributed by atoms with Gasteiger partial charge in [0.15, 0.2) is 17.4 Å². The van der Waals surface area contributed by atoms with Gasteiger partial charge < -0.3 is 14.5 Å². The van der Waals surface area contributed by atoms with Crippen LogP contribution in [0.1, 0.15) is 12.8 Å². The van der Waals surface area contributed by atoms with Gasteiger partial charge >= 0.3 is 5.97 Å². The lowest BCUT2D eigenvalue weighted by atomic mass is 10.2. The number of carbonyl (C=O) groups excluding carboxylic acids is 2. The van der Waals surface area contributed by atoms with Gasteiger partial charge in [-0.15, -0.1) is 0 Å². The summed E-state index contributed by atoms with van der Waals surface area (Å²) in [5, 5.41) is 0.390. The third-order valence-corrected chi connectivity index (χ3v) is 8.37. The van der Waals surface area contributed by atoms with Gasteiger partial charge in [0.05, 0.1) is 11.4 Å². The molecule has 0 unspecified atom stereocenters. The number of piperazine rings is 1. The van der Waals surface area contributed by atoms with E-state index in [1.807, 2.05) is 0 Å². The zero-order valence-corrected chi connectivity index (χ0v) is 21.2. The SMILES string of the molecule is NOC(=O)[C@H]1CN(CC(=O)N2CCCC2)CCN1S(=O)(=O)c1cc(F)c(Oc2ccc(Cl)cc2)c(F)c1. The first-order valence-corrected chi connectivity index (χ1v) is 13.3. The molecule has 14 heteroatoms. The normalized spacial score (nSPS) is 19.1. The molecule has 4 rings (SSSR count). The van der Waals surface area contributed by atoms with E-state index in [0.717, 1.165) is 17.1 Å². The van der Waals surface area contributed by atoms with E-state index in [4.69, 9.17) is 22.2 Å². The molecule has 2 aliphatic rings. The Morgan fingerprint density at radius 1 is 1.03 bits per heavy atom. The van der Waals surface area contributed by atoms with E-state index in [1.165, 1.54) is 24.3 Å². The second-order valence-corrected chi connectivity index (χ2v) is 11.0. The predicted octanol–water partition coefficient (Wildman–Crippen LogP) is 2.12. The minimum absolute atomic E-state index is 0.0117. The Morgan fingerprint density at radius 2 is 1.65 bits per heavy atom. The molecule has 1 atom stereocenters. The van der Waals surface area contributed by atoms with E-state index in [2.05, 4.69) is 4.84 Å². The number of nitrogens with two attached hydrogens (primary N) is 1. The molecule has 0 radical (unpaired) electrons. The number of nitrogens with zero attached hydrogens (tertiary/aromatic N) is 3. The van der Waals surface area contributed by atoms with E-state index in [9.17, 15) is 26.8 Å². The van der Waals surface area contributed by atoms with Gasteiger partial charge in [0.25, 0.3) is 0 Å². The summed E-state index contributed by atoms with van der Waals surface area (Å²) in [5.41, 5.74) is 0. The first-order chi connectivity index (χ1) is 17.6. The molecule has 2 aromatic carbocycles. The monoisotopic (exact) mass is 558 g/mol. The van der Waals surface area contributed by atoms with E-state index in [-0.39, 0.29) is 37.8 Å². The van der Waals surface area contributed by atoms with Crippen LogP contribution in [0.3, 0.4) is 0 Å². The maximum atomic E-state index is 14.8. The minimum atomic E-state index is -4.57. The van der Waals surface area contributed by atoms with Gasteiger partial charge in [-0.3, -0.25) is 9.69 Å². The molecule has 2 N–H and O–H groups in total. The van der Waals surface area contributed by atoms with Crippen molar-refractivity contribution in [1.82, 2.24) is 14.1 Å². The zero-order chi connectivity index (χ0) is 26.7. The molecule has 37 heavy (non-hydrogen) atoms. The molecular formula is C23H25ClF2N4O6S. The summed E-state index contributed by atoms with van der Waals surface area (Å²) in [7, 11) is -4.57. The van der Waals surface area contributed by atoms with Crippen molar-refractivity contribution in [3.05, 3.63) is 53.1 Å². The molecule has 1 amide bonds. The lowest BCUT2D eigenvalue weighted by molar-refractivity contribution is -0.151. The molecule has 2 heterocycles. The second kappa shape index (κ2) is 11.3. The lowest BCUT2D eigenvalue weighted by Gasteiger charge is -2.38. The van der Waals surface area contributed by atoms with Crippen molar-refractivity contribution in [3.8, 4) is 11.5 Å². The number of hydrogen-bond acceptors (Lipinski definition) is 8. The third-order valence-electron chi connectivity index (χ3n) is 6.23. The van der Waals surface area contributed by atoms with Crippen LogP contribution in [0.4, 0.5) is 8.78 Å². The Morgan fingerprint density at radius 3 is 2.24 bits per heavy atom. The molecular weight excluding hydrogens is 534 g/mol. The van der Waals surface area contributed by atoms with Crippen LogP contribution in [0, 0.1) is 11.6 Å². The summed E-state index contributed by atoms with van der Waals surface area (Å²) >= 11 is 5.79. The summed E-state index contributed by atoms with van der Waals surface area (Å²) in [5.74, 6) is 0.599.